The van der Waals surface area contributed by atoms with Crippen LogP contribution in [-0.2, 0) is 23.2 Å². The minimum Gasteiger partial charge on any atom is -0.392 e. The molecule has 1 fully saturated rings. The topological polar surface area (TPSA) is 141 Å². The van der Waals surface area contributed by atoms with Gasteiger partial charge in [-0.3, -0.25) is 14.4 Å². The van der Waals surface area contributed by atoms with E-state index >= 15 is 4.39 Å². The number of nitrogens with zero attached hydrogens (tertiary/aromatic N) is 5. The third-order valence-corrected chi connectivity index (χ3v) is 8.51. The summed E-state index contributed by atoms with van der Waals surface area (Å²) in [4.78, 5) is 47.2. The molecule has 3 heterocycles. The fourth-order valence-corrected chi connectivity index (χ4v) is 5.76. The average Bonchev–Trinajstić information content (AvgIpc) is 3.51. The van der Waals surface area contributed by atoms with Crippen molar-refractivity contribution in [1.29, 1.82) is 0 Å². The number of allylic oxidation sites excluding steroid dienone is 2. The van der Waals surface area contributed by atoms with Crippen LogP contribution in [0.4, 0.5) is 10.2 Å². The van der Waals surface area contributed by atoms with Gasteiger partial charge < -0.3 is 25.3 Å². The van der Waals surface area contributed by atoms with Crippen molar-refractivity contribution in [2.45, 2.75) is 58.7 Å². The molecule has 11 nitrogen and oxygen atoms in total. The van der Waals surface area contributed by atoms with Gasteiger partial charge in [0.1, 0.15) is 17.3 Å². The van der Waals surface area contributed by atoms with E-state index < -0.39 is 24.1 Å². The Labute approximate surface area is 284 Å². The van der Waals surface area contributed by atoms with Crippen molar-refractivity contribution in [3.8, 4) is 5.69 Å². The summed E-state index contributed by atoms with van der Waals surface area (Å²) in [7, 11) is 1.61. The van der Waals surface area contributed by atoms with Crippen molar-refractivity contribution < 1.29 is 24.2 Å². The lowest BCUT2D eigenvalue weighted by atomic mass is 9.86. The Bertz CT molecular complexity index is 2000. The molecule has 1 aliphatic rings. The lowest BCUT2D eigenvalue weighted by molar-refractivity contribution is -0.123. The number of aliphatic hydroxyl groups is 2. The van der Waals surface area contributed by atoms with Crippen molar-refractivity contribution in [2.24, 2.45) is 0 Å². The van der Waals surface area contributed by atoms with E-state index in [1.165, 1.54) is 23.4 Å². The summed E-state index contributed by atoms with van der Waals surface area (Å²) in [5.74, 6) is -0.922. The highest BCUT2D eigenvalue weighted by atomic mass is 19.1. The number of carbonyl (C=O) groups excluding carboxylic acids is 2. The lowest BCUT2D eigenvalue weighted by Crippen LogP contribution is -2.29. The molecular formula is C37H41FN6O5. The molecule has 1 aliphatic heterocycles. The molecule has 0 saturated carbocycles. The summed E-state index contributed by atoms with van der Waals surface area (Å²) in [5, 5.41) is 28.0. The van der Waals surface area contributed by atoms with Crippen LogP contribution in [0.1, 0.15) is 61.2 Å². The van der Waals surface area contributed by atoms with Gasteiger partial charge >= 0.3 is 0 Å². The van der Waals surface area contributed by atoms with Gasteiger partial charge in [0, 0.05) is 43.5 Å². The van der Waals surface area contributed by atoms with E-state index in [4.69, 9.17) is 0 Å². The number of halogens is 1. The molecule has 0 aliphatic carbocycles. The first kappa shape index (κ1) is 35.1. The van der Waals surface area contributed by atoms with E-state index in [0.29, 0.717) is 46.5 Å². The van der Waals surface area contributed by atoms with Crippen LogP contribution in [0, 0.1) is 5.82 Å². The zero-order chi connectivity index (χ0) is 35.5. The van der Waals surface area contributed by atoms with Gasteiger partial charge in [0.2, 0.25) is 0 Å². The second kappa shape index (κ2) is 14.5. The second-order valence-electron chi connectivity index (χ2n) is 13.1. The Kier molecular flexibility index (Phi) is 10.4. The molecular weight excluding hydrogens is 627 g/mol. The molecule has 1 atom stereocenters. The Hall–Kier alpha value is -5.20. The summed E-state index contributed by atoms with van der Waals surface area (Å²) in [6.07, 6.45) is 8.01. The summed E-state index contributed by atoms with van der Waals surface area (Å²) >= 11 is 0. The van der Waals surface area contributed by atoms with Crippen LogP contribution in [0.25, 0.3) is 16.5 Å². The number of hydrogen-bond acceptors (Lipinski definition) is 8. The summed E-state index contributed by atoms with van der Waals surface area (Å²) < 4.78 is 16.4. The minimum atomic E-state index is -0.655. The van der Waals surface area contributed by atoms with Gasteiger partial charge in [-0.2, -0.15) is 9.78 Å². The molecule has 2 aromatic carbocycles. The Balaban J connectivity index is 1.47. The Morgan fingerprint density at radius 2 is 1.94 bits per heavy atom. The smallest absolute Gasteiger partial charge is 0.282 e. The van der Waals surface area contributed by atoms with Gasteiger partial charge in [0.25, 0.3) is 17.4 Å². The number of nitrogens with one attached hydrogen (secondary N) is 1. The SMILES string of the molecule is C/C=C/N(C)C(=O)/C(=C\Cc1cccc(-n2ncc3cc(C(C)(C)C)cc(F)c3c2=O)c1CO)Nc1ccc(C(=O)N2CCC(O)C2)cn1. The molecule has 49 heavy (non-hydrogen) atoms. The number of aromatic nitrogens is 3. The van der Waals surface area contributed by atoms with Gasteiger partial charge in [-0.15, -0.1) is 0 Å². The number of likely N-dealkylation sites (N-methyl/N-ethyl adjacent to an activating group) is 1. The van der Waals surface area contributed by atoms with Crippen LogP contribution in [-0.4, -0.2) is 72.8 Å². The van der Waals surface area contributed by atoms with Crippen LogP contribution in [0.15, 0.2) is 83.7 Å². The number of hydrogen-bond donors (Lipinski definition) is 3. The van der Waals surface area contributed by atoms with Crippen molar-refractivity contribution in [2.75, 3.05) is 25.5 Å². The fourth-order valence-electron chi connectivity index (χ4n) is 5.76. The van der Waals surface area contributed by atoms with E-state index in [2.05, 4.69) is 15.4 Å². The number of rotatable bonds is 9. The molecule has 0 spiro atoms. The number of aliphatic hydroxyl groups excluding tert-OH is 2. The third-order valence-electron chi connectivity index (χ3n) is 8.51. The largest absolute Gasteiger partial charge is 0.392 e. The average molecular weight is 669 g/mol. The second-order valence-corrected chi connectivity index (χ2v) is 13.1. The number of benzene rings is 2. The van der Waals surface area contributed by atoms with Gasteiger partial charge in [0.05, 0.1) is 35.5 Å². The molecule has 256 valence electrons. The molecule has 1 saturated heterocycles. The first-order valence-corrected chi connectivity index (χ1v) is 16.1. The fraction of sp³-hybridized carbons (Fsp3) is 0.324. The maximum Gasteiger partial charge on any atom is 0.282 e. The molecule has 0 bridgehead atoms. The number of carbonyl (C=O) groups is 2. The Morgan fingerprint density at radius 3 is 2.57 bits per heavy atom. The number of amides is 2. The number of likely N-dealkylation sites (tertiary alicyclic amines) is 1. The van der Waals surface area contributed by atoms with Crippen LogP contribution in [0.2, 0.25) is 0 Å². The molecule has 4 aromatic rings. The number of fused-ring (bicyclic) bond motifs is 1. The van der Waals surface area contributed by atoms with E-state index in [-0.39, 0.29) is 41.3 Å². The predicted molar refractivity (Wildman–Crippen MR) is 186 cm³/mol. The number of anilines is 1. The van der Waals surface area contributed by atoms with Crippen LogP contribution >= 0.6 is 0 Å². The molecule has 2 amide bonds. The van der Waals surface area contributed by atoms with Crippen molar-refractivity contribution in [3.05, 3.63) is 117 Å². The zero-order valence-electron chi connectivity index (χ0n) is 28.3. The molecule has 12 heteroatoms. The van der Waals surface area contributed by atoms with Gasteiger partial charge in [-0.25, -0.2) is 9.37 Å². The minimum absolute atomic E-state index is 0.0977. The third kappa shape index (κ3) is 7.60. The monoisotopic (exact) mass is 668 g/mol. The Morgan fingerprint density at radius 1 is 1.16 bits per heavy atom. The van der Waals surface area contributed by atoms with Gasteiger partial charge in [-0.05, 0) is 66.6 Å². The van der Waals surface area contributed by atoms with E-state index in [0.717, 1.165) is 10.2 Å². The van der Waals surface area contributed by atoms with Crippen molar-refractivity contribution in [3.63, 3.8) is 0 Å². The first-order chi connectivity index (χ1) is 23.3. The summed E-state index contributed by atoms with van der Waals surface area (Å²) in [6.45, 7) is 7.96. The van der Waals surface area contributed by atoms with E-state index in [9.17, 15) is 24.6 Å². The number of β-amino-alcohol motifs (C(OH)–C–C–N with tert-alkyl or cyclic N) is 1. The molecule has 5 rings (SSSR count). The highest BCUT2D eigenvalue weighted by Crippen LogP contribution is 2.28. The maximum absolute atomic E-state index is 15.3. The maximum atomic E-state index is 15.3. The van der Waals surface area contributed by atoms with E-state index in [1.807, 2.05) is 20.8 Å². The molecule has 3 N–H and O–H groups in total. The normalized spacial score (nSPS) is 15.3. The van der Waals surface area contributed by atoms with Crippen LogP contribution in [0.3, 0.4) is 0 Å². The highest BCUT2D eigenvalue weighted by Gasteiger charge is 2.26. The first-order valence-electron chi connectivity index (χ1n) is 16.1. The zero-order valence-corrected chi connectivity index (χ0v) is 28.3. The quantitative estimate of drug-likeness (QED) is 0.222. The van der Waals surface area contributed by atoms with Gasteiger partial charge in [-0.1, -0.05) is 45.1 Å². The van der Waals surface area contributed by atoms with Crippen molar-refractivity contribution in [1.82, 2.24) is 24.6 Å². The standard InChI is InChI=1S/C37H41FN6O5/c1-6-15-42(5)35(48)30(41-32-13-11-24(19-39-32)34(47)43-16-14-27(46)21-43)12-10-23-8-7-9-31(28(23)22-45)44-36(49)33-25(20-40-44)17-26(18-29(33)38)37(2,3)4/h6-9,11-13,15,17-20,27,45-46H,10,14,16,21-22H2,1-5H3,(H,39,41)/b15-6+,30-12+. The molecule has 0 radical (unpaired) electrons. The summed E-state index contributed by atoms with van der Waals surface area (Å²) in [5.41, 5.74) is 1.59. The lowest BCUT2D eigenvalue weighted by Gasteiger charge is -2.20. The predicted octanol–water partition coefficient (Wildman–Crippen LogP) is 4.45. The molecule has 1 unspecified atom stereocenters. The summed E-state index contributed by atoms with van der Waals surface area (Å²) in [6, 6.07) is 11.4. The number of pyridine rings is 1. The highest BCUT2D eigenvalue weighted by molar-refractivity contribution is 5.97. The van der Waals surface area contributed by atoms with Crippen LogP contribution < -0.4 is 10.9 Å². The van der Waals surface area contributed by atoms with Crippen molar-refractivity contribution >= 4 is 28.4 Å². The molecule has 2 aromatic heterocycles. The van der Waals surface area contributed by atoms with Gasteiger partial charge in [0.15, 0.2) is 0 Å². The van der Waals surface area contributed by atoms with Crippen LogP contribution in [0.5, 0.6) is 0 Å². The van der Waals surface area contributed by atoms with E-state index in [1.54, 1.807) is 73.6 Å².